The van der Waals surface area contributed by atoms with Gasteiger partial charge in [0, 0.05) is 25.3 Å². The highest BCUT2D eigenvalue weighted by molar-refractivity contribution is 7.89. The number of halogens is 1. The Bertz CT molecular complexity index is 1560. The predicted octanol–water partition coefficient (Wildman–Crippen LogP) is 3.46. The molecule has 0 fully saturated rings. The normalized spacial score (nSPS) is 14.1. The number of nitrogens with two attached hydrogens (primary N) is 1. The first-order chi connectivity index (χ1) is 22.1. The average Bonchev–Trinajstić information content (AvgIpc) is 2.99. The molecule has 3 rings (SSSR count). The van der Waals surface area contributed by atoms with Gasteiger partial charge in [-0.15, -0.1) is 0 Å². The molecule has 0 bridgehead atoms. The Morgan fingerprint density at radius 2 is 1.55 bits per heavy atom. The van der Waals surface area contributed by atoms with E-state index in [0.717, 1.165) is 5.56 Å². The first-order valence-corrected chi connectivity index (χ1v) is 17.1. The number of aliphatic hydroxyl groups is 1. The fraction of sp³-hybridized carbons (Fsp3) is 0.429. The molecule has 10 nitrogen and oxygen atoms in total. The van der Waals surface area contributed by atoms with Gasteiger partial charge in [0.15, 0.2) is 0 Å². The number of nitrogen functional groups attached to an aromatic ring is 1. The summed E-state index contributed by atoms with van der Waals surface area (Å²) in [7, 11) is -4.01. The van der Waals surface area contributed by atoms with Gasteiger partial charge in [0.05, 0.1) is 23.6 Å². The Balaban J connectivity index is 1.80. The minimum atomic E-state index is -4.01. The van der Waals surface area contributed by atoms with E-state index in [-0.39, 0.29) is 49.2 Å². The standard InChI is InChI=1S/C35H48FN5O5S/c1-24(2)22-41(47(45,46)29-16-14-28(37)15-17-29)23-31(42)30(19-25-10-7-6-8-11-25)39-34(44)33(35(3,4)5)40-32(43)21-38-20-26-12-9-13-27(36)18-26/h6-18,24,30-31,33,38,42H,19-23,37H2,1-5H3,(H,39,44)(H,40,43)/t30-,31-,33+/m0/s1. The third-order valence-corrected chi connectivity index (χ3v) is 9.35. The highest BCUT2D eigenvalue weighted by atomic mass is 32.2. The lowest BCUT2D eigenvalue weighted by atomic mass is 9.85. The van der Waals surface area contributed by atoms with Crippen molar-refractivity contribution in [2.45, 2.75) is 70.7 Å². The van der Waals surface area contributed by atoms with Crippen LogP contribution in [0.5, 0.6) is 0 Å². The van der Waals surface area contributed by atoms with Gasteiger partial charge in [-0.05, 0) is 65.3 Å². The number of benzene rings is 3. The van der Waals surface area contributed by atoms with Gasteiger partial charge in [-0.3, -0.25) is 9.59 Å². The van der Waals surface area contributed by atoms with Crippen molar-refractivity contribution < 1.29 is 27.5 Å². The molecule has 12 heteroatoms. The van der Waals surface area contributed by atoms with E-state index in [0.29, 0.717) is 11.3 Å². The van der Waals surface area contributed by atoms with Crippen LogP contribution in [0.2, 0.25) is 0 Å². The van der Waals surface area contributed by atoms with E-state index in [4.69, 9.17) is 5.73 Å². The summed E-state index contributed by atoms with van der Waals surface area (Å²) in [5.41, 5.74) is 6.98. The molecule has 0 aliphatic rings. The van der Waals surface area contributed by atoms with Crippen LogP contribution in [0.15, 0.2) is 83.8 Å². The smallest absolute Gasteiger partial charge is 0.243 e. The number of anilines is 1. The van der Waals surface area contributed by atoms with E-state index in [1.54, 1.807) is 12.1 Å². The molecule has 2 amide bonds. The molecule has 3 aromatic carbocycles. The van der Waals surface area contributed by atoms with Gasteiger partial charge < -0.3 is 26.8 Å². The molecule has 0 unspecified atom stereocenters. The van der Waals surface area contributed by atoms with Crippen molar-refractivity contribution in [3.63, 3.8) is 0 Å². The minimum Gasteiger partial charge on any atom is -0.399 e. The van der Waals surface area contributed by atoms with E-state index in [2.05, 4.69) is 16.0 Å². The SMILES string of the molecule is CC(C)CN(C[C@H](O)[C@H](Cc1ccccc1)NC(=O)[C@@H](NC(=O)CNCc1cccc(F)c1)C(C)(C)C)S(=O)(=O)c1ccc(N)cc1. The molecule has 0 spiro atoms. The van der Waals surface area contributed by atoms with Crippen molar-refractivity contribution in [3.05, 3.63) is 95.8 Å². The molecule has 3 aromatic rings. The van der Waals surface area contributed by atoms with E-state index in [9.17, 15) is 27.5 Å². The summed E-state index contributed by atoms with van der Waals surface area (Å²) in [5, 5.41) is 20.3. The van der Waals surface area contributed by atoms with Gasteiger partial charge in [0.1, 0.15) is 11.9 Å². The third kappa shape index (κ3) is 11.7. The van der Waals surface area contributed by atoms with E-state index in [1.807, 2.05) is 65.0 Å². The quantitative estimate of drug-likeness (QED) is 0.147. The lowest BCUT2D eigenvalue weighted by Gasteiger charge is -2.34. The maximum absolute atomic E-state index is 13.8. The van der Waals surface area contributed by atoms with Gasteiger partial charge in [0.2, 0.25) is 21.8 Å². The summed E-state index contributed by atoms with van der Waals surface area (Å²) in [6, 6.07) is 19.3. The molecule has 0 saturated heterocycles. The number of aliphatic hydroxyl groups excluding tert-OH is 1. The molecule has 0 aliphatic carbocycles. The number of carbonyl (C=O) groups excluding carboxylic acids is 2. The third-order valence-electron chi connectivity index (χ3n) is 7.51. The molecule has 0 aromatic heterocycles. The summed E-state index contributed by atoms with van der Waals surface area (Å²) in [6.45, 7) is 9.19. The van der Waals surface area contributed by atoms with Crippen LogP contribution in [0.25, 0.3) is 0 Å². The molecule has 0 saturated carbocycles. The summed E-state index contributed by atoms with van der Waals surface area (Å²) in [6.07, 6.45) is -1.09. The number of nitrogens with zero attached hydrogens (tertiary/aromatic N) is 1. The number of hydrogen-bond acceptors (Lipinski definition) is 7. The first kappa shape index (κ1) is 37.6. The highest BCUT2D eigenvalue weighted by Gasteiger charge is 2.36. The number of carbonyl (C=O) groups is 2. The van der Waals surface area contributed by atoms with Crippen molar-refractivity contribution in [1.29, 1.82) is 0 Å². The Labute approximate surface area is 278 Å². The largest absolute Gasteiger partial charge is 0.399 e. The van der Waals surface area contributed by atoms with Crippen molar-refractivity contribution in [1.82, 2.24) is 20.3 Å². The number of hydrogen-bond donors (Lipinski definition) is 5. The Kier molecular flexibility index (Phi) is 13.5. The number of nitrogens with one attached hydrogen (secondary N) is 3. The lowest BCUT2D eigenvalue weighted by molar-refractivity contribution is -0.132. The summed E-state index contributed by atoms with van der Waals surface area (Å²) < 4.78 is 42.1. The average molecular weight is 670 g/mol. The van der Waals surface area contributed by atoms with Gasteiger partial charge in [0.25, 0.3) is 0 Å². The number of sulfonamides is 1. The van der Waals surface area contributed by atoms with Gasteiger partial charge in [-0.25, -0.2) is 12.8 Å². The second-order valence-electron chi connectivity index (χ2n) is 13.3. The van der Waals surface area contributed by atoms with Crippen LogP contribution in [-0.4, -0.2) is 67.5 Å². The Morgan fingerprint density at radius 3 is 2.15 bits per heavy atom. The van der Waals surface area contributed by atoms with Crippen molar-refractivity contribution in [2.75, 3.05) is 25.4 Å². The minimum absolute atomic E-state index is 0.0460. The van der Waals surface area contributed by atoms with Crippen molar-refractivity contribution in [2.24, 2.45) is 11.3 Å². The van der Waals surface area contributed by atoms with Gasteiger partial charge >= 0.3 is 0 Å². The molecular formula is C35H48FN5O5S. The zero-order valence-corrected chi connectivity index (χ0v) is 28.6. The Hall–Kier alpha value is -3.84. The zero-order chi connectivity index (χ0) is 34.8. The second kappa shape index (κ2) is 16.8. The second-order valence-corrected chi connectivity index (χ2v) is 15.2. The zero-order valence-electron chi connectivity index (χ0n) is 27.7. The highest BCUT2D eigenvalue weighted by Crippen LogP contribution is 2.22. The summed E-state index contributed by atoms with van der Waals surface area (Å²) >= 11 is 0. The molecular weight excluding hydrogens is 621 g/mol. The van der Waals surface area contributed by atoms with Crippen LogP contribution in [0.1, 0.15) is 45.7 Å². The molecule has 256 valence electrons. The summed E-state index contributed by atoms with van der Waals surface area (Å²) in [4.78, 5) is 26.8. The van der Waals surface area contributed by atoms with Crippen LogP contribution >= 0.6 is 0 Å². The molecule has 47 heavy (non-hydrogen) atoms. The van der Waals surface area contributed by atoms with E-state index < -0.39 is 45.4 Å². The monoisotopic (exact) mass is 669 g/mol. The van der Waals surface area contributed by atoms with Crippen LogP contribution < -0.4 is 21.7 Å². The van der Waals surface area contributed by atoms with Crippen LogP contribution in [0.3, 0.4) is 0 Å². The molecule has 0 radical (unpaired) electrons. The van der Waals surface area contributed by atoms with E-state index >= 15 is 0 Å². The van der Waals surface area contributed by atoms with Gasteiger partial charge in [-0.1, -0.05) is 77.1 Å². The van der Waals surface area contributed by atoms with Crippen LogP contribution in [-0.2, 0) is 32.6 Å². The molecule has 6 N–H and O–H groups in total. The lowest BCUT2D eigenvalue weighted by Crippen LogP contribution is -2.59. The number of amides is 2. The molecule has 0 heterocycles. The fourth-order valence-electron chi connectivity index (χ4n) is 5.07. The maximum Gasteiger partial charge on any atom is 0.243 e. The first-order valence-electron chi connectivity index (χ1n) is 15.7. The van der Waals surface area contributed by atoms with E-state index in [1.165, 1.54) is 40.7 Å². The fourth-order valence-corrected chi connectivity index (χ4v) is 6.70. The van der Waals surface area contributed by atoms with Crippen molar-refractivity contribution >= 4 is 27.5 Å². The predicted molar refractivity (Wildman–Crippen MR) is 182 cm³/mol. The van der Waals surface area contributed by atoms with Gasteiger partial charge in [-0.2, -0.15) is 4.31 Å². The topological polar surface area (TPSA) is 154 Å². The van der Waals surface area contributed by atoms with Crippen LogP contribution in [0, 0.1) is 17.2 Å². The number of rotatable bonds is 16. The molecule has 3 atom stereocenters. The Morgan fingerprint density at radius 1 is 0.915 bits per heavy atom. The maximum atomic E-state index is 13.8. The summed E-state index contributed by atoms with van der Waals surface area (Å²) in [5.74, 6) is -1.38. The molecule has 0 aliphatic heterocycles. The van der Waals surface area contributed by atoms with Crippen LogP contribution in [0.4, 0.5) is 10.1 Å². The van der Waals surface area contributed by atoms with Crippen molar-refractivity contribution in [3.8, 4) is 0 Å².